The van der Waals surface area contributed by atoms with Crippen LogP contribution in [0.1, 0.15) is 30.5 Å². The highest BCUT2D eigenvalue weighted by Crippen LogP contribution is 2.36. The largest absolute Gasteiger partial charge is 0.480 e. The number of carboxylic acids is 1. The molecule has 1 aliphatic carbocycles. The van der Waals surface area contributed by atoms with Gasteiger partial charge in [-0.1, -0.05) is 24.3 Å². The van der Waals surface area contributed by atoms with Crippen molar-refractivity contribution in [1.82, 2.24) is 4.31 Å². The van der Waals surface area contributed by atoms with Crippen LogP contribution in [0.4, 0.5) is 0 Å². The fourth-order valence-electron chi connectivity index (χ4n) is 2.47. The van der Waals surface area contributed by atoms with Gasteiger partial charge in [0.1, 0.15) is 0 Å². The molecule has 1 N–H and O–H groups in total. The summed E-state index contributed by atoms with van der Waals surface area (Å²) in [5.74, 6) is -1.32. The van der Waals surface area contributed by atoms with Crippen molar-refractivity contribution in [3.63, 3.8) is 0 Å². The molecule has 0 saturated heterocycles. The van der Waals surface area contributed by atoms with Crippen LogP contribution in [0.5, 0.6) is 0 Å². The van der Waals surface area contributed by atoms with Crippen LogP contribution < -0.4 is 0 Å². The molecule has 0 heterocycles. The highest BCUT2D eigenvalue weighted by molar-refractivity contribution is 7.90. The van der Waals surface area contributed by atoms with Crippen molar-refractivity contribution in [2.75, 3.05) is 7.05 Å². The molecule has 0 radical (unpaired) electrons. The maximum Gasteiger partial charge on any atom is 0.323 e. The molecule has 0 aliphatic heterocycles. The lowest BCUT2D eigenvalue weighted by molar-refractivity contribution is -0.136. The highest BCUT2D eigenvalue weighted by Gasteiger charge is 2.38. The summed E-state index contributed by atoms with van der Waals surface area (Å²) in [5.41, 5.74) is 2.11. The molecule has 0 saturated carbocycles. The topological polar surface area (TPSA) is 74.7 Å². The number of carbonyl (C=O) groups is 1. The minimum atomic E-state index is -3.83. The van der Waals surface area contributed by atoms with Crippen molar-refractivity contribution in [2.45, 2.75) is 31.1 Å². The zero-order valence-electron chi connectivity index (χ0n) is 10.9. The van der Waals surface area contributed by atoms with Gasteiger partial charge in [0, 0.05) is 13.1 Å². The molecule has 1 aromatic rings. The molecule has 0 aromatic heterocycles. The molecular formula is C13H17NO4S. The lowest BCUT2D eigenvalue weighted by atomic mass is 10.1. The molecule has 5 nitrogen and oxygen atoms in total. The molecule has 0 bridgehead atoms. The lowest BCUT2D eigenvalue weighted by Gasteiger charge is -2.26. The molecule has 1 aliphatic rings. The lowest BCUT2D eigenvalue weighted by Crippen LogP contribution is -2.40. The monoisotopic (exact) mass is 283 g/mol. The van der Waals surface area contributed by atoms with Crippen molar-refractivity contribution in [3.8, 4) is 0 Å². The van der Waals surface area contributed by atoms with Gasteiger partial charge in [-0.2, -0.15) is 4.31 Å². The normalized spacial score (nSPS) is 20.3. The SMILES string of the molecule is CC(C(=O)O)S(=O)(=O)N(C)C1CCc2ccccc21. The van der Waals surface area contributed by atoms with E-state index in [1.54, 1.807) is 0 Å². The number of nitrogens with zero attached hydrogens (tertiary/aromatic N) is 1. The third-order valence-corrected chi connectivity index (χ3v) is 5.89. The first-order valence-electron chi connectivity index (χ1n) is 6.13. The Bertz CT molecular complexity index is 596. The molecule has 0 fully saturated rings. The van der Waals surface area contributed by atoms with Crippen LogP contribution in [0.15, 0.2) is 24.3 Å². The molecule has 2 atom stereocenters. The van der Waals surface area contributed by atoms with Crippen molar-refractivity contribution < 1.29 is 18.3 Å². The van der Waals surface area contributed by atoms with E-state index in [4.69, 9.17) is 5.11 Å². The summed E-state index contributed by atoms with van der Waals surface area (Å²) in [6, 6.07) is 7.43. The Kier molecular flexibility index (Phi) is 3.64. The van der Waals surface area contributed by atoms with Crippen molar-refractivity contribution in [2.24, 2.45) is 0 Å². The second kappa shape index (κ2) is 4.94. The third kappa shape index (κ3) is 2.37. The maximum absolute atomic E-state index is 12.2. The molecule has 0 spiro atoms. The molecule has 19 heavy (non-hydrogen) atoms. The van der Waals surface area contributed by atoms with Gasteiger partial charge in [0.05, 0.1) is 0 Å². The Morgan fingerprint density at radius 2 is 2.05 bits per heavy atom. The van der Waals surface area contributed by atoms with Crippen molar-refractivity contribution >= 4 is 16.0 Å². The van der Waals surface area contributed by atoms with E-state index >= 15 is 0 Å². The van der Waals surface area contributed by atoms with Crippen molar-refractivity contribution in [1.29, 1.82) is 0 Å². The summed E-state index contributed by atoms with van der Waals surface area (Å²) in [4.78, 5) is 10.9. The van der Waals surface area contributed by atoms with Crippen LogP contribution >= 0.6 is 0 Å². The molecule has 6 heteroatoms. The number of hydrogen-bond donors (Lipinski definition) is 1. The first-order valence-corrected chi connectivity index (χ1v) is 7.63. The number of fused-ring (bicyclic) bond motifs is 1. The van der Waals surface area contributed by atoms with Gasteiger partial charge in [-0.3, -0.25) is 4.79 Å². The van der Waals surface area contributed by atoms with Gasteiger partial charge in [0.25, 0.3) is 0 Å². The van der Waals surface area contributed by atoms with Crippen LogP contribution in [0, 0.1) is 0 Å². The molecule has 2 unspecified atom stereocenters. The zero-order chi connectivity index (χ0) is 14.2. The van der Waals surface area contributed by atoms with E-state index in [-0.39, 0.29) is 6.04 Å². The van der Waals surface area contributed by atoms with E-state index in [2.05, 4.69) is 0 Å². The number of aryl methyl sites for hydroxylation is 1. The minimum absolute atomic E-state index is 0.261. The van der Waals surface area contributed by atoms with Gasteiger partial charge >= 0.3 is 5.97 Å². The molecule has 104 valence electrons. The van der Waals surface area contributed by atoms with E-state index in [0.717, 1.165) is 17.5 Å². The number of aliphatic carboxylic acids is 1. The van der Waals surface area contributed by atoms with E-state index < -0.39 is 21.2 Å². The fourth-order valence-corrected chi connectivity index (χ4v) is 3.79. The number of benzene rings is 1. The highest BCUT2D eigenvalue weighted by atomic mass is 32.2. The molecular weight excluding hydrogens is 266 g/mol. The average molecular weight is 283 g/mol. The standard InChI is InChI=1S/C13H17NO4S/c1-9(13(15)16)19(17,18)14(2)12-8-7-10-5-3-4-6-11(10)12/h3-6,9,12H,7-8H2,1-2H3,(H,15,16). The quantitative estimate of drug-likeness (QED) is 0.906. The fraction of sp³-hybridized carbons (Fsp3) is 0.462. The summed E-state index contributed by atoms with van der Waals surface area (Å²) in [6.07, 6.45) is 1.52. The van der Waals surface area contributed by atoms with Crippen LogP contribution in [-0.4, -0.2) is 36.1 Å². The van der Waals surface area contributed by atoms with Gasteiger partial charge in [0.15, 0.2) is 5.25 Å². The minimum Gasteiger partial charge on any atom is -0.480 e. The Morgan fingerprint density at radius 1 is 1.42 bits per heavy atom. The van der Waals surface area contributed by atoms with Crippen LogP contribution in [0.2, 0.25) is 0 Å². The zero-order valence-corrected chi connectivity index (χ0v) is 11.7. The molecule has 1 aromatic carbocycles. The van der Waals surface area contributed by atoms with Gasteiger partial charge in [0.2, 0.25) is 10.0 Å². The number of sulfonamides is 1. The summed E-state index contributed by atoms with van der Waals surface area (Å²) in [6.45, 7) is 1.20. The van der Waals surface area contributed by atoms with E-state index in [1.807, 2.05) is 24.3 Å². The Labute approximate surface area is 112 Å². The summed E-state index contributed by atoms with van der Waals surface area (Å²) in [7, 11) is -2.37. The summed E-state index contributed by atoms with van der Waals surface area (Å²) < 4.78 is 25.6. The van der Waals surface area contributed by atoms with Crippen LogP contribution in [-0.2, 0) is 21.2 Å². The molecule has 2 rings (SSSR count). The number of rotatable bonds is 4. The molecule has 0 amide bonds. The van der Waals surface area contributed by atoms with Gasteiger partial charge in [-0.15, -0.1) is 0 Å². The van der Waals surface area contributed by atoms with Gasteiger partial charge in [-0.05, 0) is 30.9 Å². The summed E-state index contributed by atoms with van der Waals surface area (Å²) in [5, 5.41) is 7.47. The second-order valence-electron chi connectivity index (χ2n) is 4.79. The van der Waals surface area contributed by atoms with Crippen molar-refractivity contribution in [3.05, 3.63) is 35.4 Å². The maximum atomic E-state index is 12.2. The predicted molar refractivity (Wildman–Crippen MR) is 71.3 cm³/mol. The smallest absolute Gasteiger partial charge is 0.323 e. The number of hydrogen-bond acceptors (Lipinski definition) is 3. The Hall–Kier alpha value is -1.40. The number of carboxylic acid groups (broad SMARTS) is 1. The predicted octanol–water partition coefficient (Wildman–Crippen LogP) is 1.41. The van der Waals surface area contributed by atoms with E-state index in [9.17, 15) is 13.2 Å². The van der Waals surface area contributed by atoms with Gasteiger partial charge < -0.3 is 5.11 Å². The third-order valence-electron chi connectivity index (χ3n) is 3.74. The Balaban J connectivity index is 2.32. The first kappa shape index (κ1) is 14.0. The van der Waals surface area contributed by atoms with E-state index in [1.165, 1.54) is 18.3 Å². The first-order chi connectivity index (χ1) is 8.85. The average Bonchev–Trinajstić information content (AvgIpc) is 2.80. The Morgan fingerprint density at radius 3 is 2.68 bits per heavy atom. The summed E-state index contributed by atoms with van der Waals surface area (Å²) >= 11 is 0. The van der Waals surface area contributed by atoms with Gasteiger partial charge in [-0.25, -0.2) is 8.42 Å². The van der Waals surface area contributed by atoms with Crippen LogP contribution in [0.25, 0.3) is 0 Å². The second-order valence-corrected chi connectivity index (χ2v) is 7.11. The van der Waals surface area contributed by atoms with Crippen LogP contribution in [0.3, 0.4) is 0 Å². The van der Waals surface area contributed by atoms with E-state index in [0.29, 0.717) is 6.42 Å².